The second-order valence-corrected chi connectivity index (χ2v) is 8.39. The molecule has 2 aromatic heterocycles. The SMILES string of the molecule is CCN(Cc1nc2ccccc2c(=O)[nH]1)C(=O)c1cc2c(s1)CC[C@H](C)C2. The Bertz CT molecular complexity index is 1050. The summed E-state index contributed by atoms with van der Waals surface area (Å²) in [5.41, 5.74) is 1.82. The van der Waals surface area contributed by atoms with Crippen LogP contribution < -0.4 is 5.56 Å². The molecule has 1 aliphatic rings. The van der Waals surface area contributed by atoms with E-state index in [0.29, 0.717) is 35.7 Å². The molecule has 140 valence electrons. The zero-order valence-electron chi connectivity index (χ0n) is 15.6. The van der Waals surface area contributed by atoms with Crippen molar-refractivity contribution in [2.75, 3.05) is 6.54 Å². The zero-order chi connectivity index (χ0) is 19.0. The van der Waals surface area contributed by atoms with Gasteiger partial charge in [0.15, 0.2) is 0 Å². The maximum Gasteiger partial charge on any atom is 0.264 e. The molecule has 2 heterocycles. The number of nitrogens with one attached hydrogen (secondary N) is 1. The van der Waals surface area contributed by atoms with Crippen LogP contribution in [0.1, 0.15) is 46.2 Å². The standard InChI is InChI=1S/C21H23N3O2S/c1-3-24(12-19-22-16-7-5-4-6-15(16)20(25)23-19)21(26)18-11-14-10-13(2)8-9-17(14)27-18/h4-7,11,13H,3,8-10,12H2,1-2H3,(H,22,23,25)/t13-/m0/s1. The van der Waals surface area contributed by atoms with E-state index in [4.69, 9.17) is 0 Å². The average Bonchev–Trinajstić information content (AvgIpc) is 3.09. The number of hydrogen-bond donors (Lipinski definition) is 1. The predicted molar refractivity (Wildman–Crippen MR) is 108 cm³/mol. The molecule has 1 aromatic carbocycles. The number of aromatic amines is 1. The Hall–Kier alpha value is -2.47. The molecule has 0 radical (unpaired) electrons. The third-order valence-corrected chi connectivity index (χ3v) is 6.44. The second kappa shape index (κ2) is 7.27. The van der Waals surface area contributed by atoms with Crippen LogP contribution in [0.25, 0.3) is 10.9 Å². The highest BCUT2D eigenvalue weighted by Gasteiger charge is 2.23. The number of hydrogen-bond acceptors (Lipinski definition) is 4. The lowest BCUT2D eigenvalue weighted by Gasteiger charge is -2.19. The van der Waals surface area contributed by atoms with Gasteiger partial charge in [-0.3, -0.25) is 9.59 Å². The van der Waals surface area contributed by atoms with Gasteiger partial charge in [-0.05, 0) is 55.9 Å². The van der Waals surface area contributed by atoms with Crippen LogP contribution in [0.2, 0.25) is 0 Å². The number of aromatic nitrogens is 2. The molecule has 0 unspecified atom stereocenters. The number of rotatable bonds is 4. The Morgan fingerprint density at radius 2 is 2.19 bits per heavy atom. The smallest absolute Gasteiger partial charge is 0.264 e. The number of fused-ring (bicyclic) bond motifs is 2. The van der Waals surface area contributed by atoms with Crippen molar-refractivity contribution in [2.24, 2.45) is 5.92 Å². The van der Waals surface area contributed by atoms with Gasteiger partial charge in [-0.2, -0.15) is 0 Å². The minimum atomic E-state index is -0.167. The quantitative estimate of drug-likeness (QED) is 0.748. The molecule has 5 nitrogen and oxygen atoms in total. The molecule has 1 amide bonds. The van der Waals surface area contributed by atoms with Crippen LogP contribution in [0.15, 0.2) is 35.1 Å². The summed E-state index contributed by atoms with van der Waals surface area (Å²) in [6.07, 6.45) is 3.33. The topological polar surface area (TPSA) is 66.1 Å². The maximum absolute atomic E-state index is 13.0. The van der Waals surface area contributed by atoms with Crippen LogP contribution in [-0.4, -0.2) is 27.3 Å². The molecule has 3 aromatic rings. The van der Waals surface area contributed by atoms with E-state index in [1.807, 2.05) is 25.1 Å². The van der Waals surface area contributed by atoms with Crippen molar-refractivity contribution in [3.63, 3.8) is 0 Å². The number of nitrogens with zero attached hydrogens (tertiary/aromatic N) is 2. The van der Waals surface area contributed by atoms with Gasteiger partial charge in [-0.1, -0.05) is 19.1 Å². The summed E-state index contributed by atoms with van der Waals surface area (Å²) in [7, 11) is 0. The van der Waals surface area contributed by atoms with Crippen molar-refractivity contribution in [1.29, 1.82) is 0 Å². The van der Waals surface area contributed by atoms with E-state index in [2.05, 4.69) is 23.0 Å². The van der Waals surface area contributed by atoms with Crippen LogP contribution in [-0.2, 0) is 19.4 Å². The monoisotopic (exact) mass is 381 g/mol. The van der Waals surface area contributed by atoms with Crippen molar-refractivity contribution in [2.45, 2.75) is 39.7 Å². The minimum Gasteiger partial charge on any atom is -0.331 e. The molecule has 1 N–H and O–H groups in total. The Morgan fingerprint density at radius 3 is 3.00 bits per heavy atom. The maximum atomic E-state index is 13.0. The Morgan fingerprint density at radius 1 is 1.37 bits per heavy atom. The molecule has 0 saturated carbocycles. The third-order valence-electron chi connectivity index (χ3n) is 5.21. The number of aryl methyl sites for hydroxylation is 1. The fraction of sp³-hybridized carbons (Fsp3) is 0.381. The molecule has 1 aliphatic carbocycles. The van der Waals surface area contributed by atoms with Crippen molar-refractivity contribution in [3.8, 4) is 0 Å². The van der Waals surface area contributed by atoms with Crippen molar-refractivity contribution in [3.05, 3.63) is 61.8 Å². The van der Waals surface area contributed by atoms with E-state index in [1.165, 1.54) is 16.9 Å². The molecule has 4 rings (SSSR count). The Labute approximate surface area is 162 Å². The first-order chi connectivity index (χ1) is 13.0. The van der Waals surface area contributed by atoms with E-state index >= 15 is 0 Å². The highest BCUT2D eigenvalue weighted by Crippen LogP contribution is 2.32. The van der Waals surface area contributed by atoms with E-state index in [9.17, 15) is 9.59 Å². The minimum absolute atomic E-state index is 0.0142. The van der Waals surface area contributed by atoms with E-state index < -0.39 is 0 Å². The number of carbonyl (C=O) groups excluding carboxylic acids is 1. The fourth-order valence-corrected chi connectivity index (χ4v) is 4.86. The molecule has 0 bridgehead atoms. The first kappa shape index (κ1) is 17.9. The predicted octanol–water partition coefficient (Wildman–Crippen LogP) is 3.77. The van der Waals surface area contributed by atoms with Crippen LogP contribution >= 0.6 is 11.3 Å². The lowest BCUT2D eigenvalue weighted by molar-refractivity contribution is 0.0753. The lowest BCUT2D eigenvalue weighted by Crippen LogP contribution is -2.31. The first-order valence-electron chi connectivity index (χ1n) is 9.44. The summed E-state index contributed by atoms with van der Waals surface area (Å²) >= 11 is 1.62. The van der Waals surface area contributed by atoms with Gasteiger partial charge >= 0.3 is 0 Å². The first-order valence-corrected chi connectivity index (χ1v) is 10.3. The number of thiophene rings is 1. The van der Waals surface area contributed by atoms with Crippen LogP contribution in [0, 0.1) is 5.92 Å². The molecule has 0 aliphatic heterocycles. The zero-order valence-corrected chi connectivity index (χ0v) is 16.4. The van der Waals surface area contributed by atoms with Gasteiger partial charge in [0, 0.05) is 11.4 Å². The van der Waals surface area contributed by atoms with Crippen molar-refractivity contribution >= 4 is 28.1 Å². The van der Waals surface area contributed by atoms with E-state index in [0.717, 1.165) is 17.7 Å². The summed E-state index contributed by atoms with van der Waals surface area (Å²) in [5.74, 6) is 1.22. The van der Waals surface area contributed by atoms with Crippen LogP contribution in [0.4, 0.5) is 0 Å². The Kier molecular flexibility index (Phi) is 4.83. The average molecular weight is 382 g/mol. The van der Waals surface area contributed by atoms with Gasteiger partial charge in [0.25, 0.3) is 11.5 Å². The number of H-pyrrole nitrogens is 1. The van der Waals surface area contributed by atoms with Gasteiger partial charge < -0.3 is 9.88 Å². The second-order valence-electron chi connectivity index (χ2n) is 7.26. The molecule has 0 saturated heterocycles. The lowest BCUT2D eigenvalue weighted by atomic mass is 9.90. The van der Waals surface area contributed by atoms with Gasteiger partial charge in [-0.15, -0.1) is 11.3 Å². The molecule has 1 atom stereocenters. The van der Waals surface area contributed by atoms with Crippen molar-refractivity contribution < 1.29 is 4.79 Å². The van der Waals surface area contributed by atoms with E-state index in [-0.39, 0.29) is 11.5 Å². The van der Waals surface area contributed by atoms with Crippen LogP contribution in [0.3, 0.4) is 0 Å². The summed E-state index contributed by atoms with van der Waals surface area (Å²) in [5, 5.41) is 0.565. The molecule has 0 spiro atoms. The van der Waals surface area contributed by atoms with Gasteiger partial charge in [0.05, 0.1) is 22.3 Å². The summed E-state index contributed by atoms with van der Waals surface area (Å²) in [6.45, 7) is 5.08. The summed E-state index contributed by atoms with van der Waals surface area (Å²) < 4.78 is 0. The van der Waals surface area contributed by atoms with Gasteiger partial charge in [0.2, 0.25) is 0 Å². The number of benzene rings is 1. The van der Waals surface area contributed by atoms with E-state index in [1.54, 1.807) is 22.3 Å². The van der Waals surface area contributed by atoms with Gasteiger partial charge in [-0.25, -0.2) is 4.98 Å². The molecule has 0 fully saturated rings. The number of para-hydroxylation sites is 1. The number of carbonyl (C=O) groups is 1. The van der Waals surface area contributed by atoms with Crippen molar-refractivity contribution in [1.82, 2.24) is 14.9 Å². The largest absolute Gasteiger partial charge is 0.331 e. The highest BCUT2D eigenvalue weighted by molar-refractivity contribution is 7.14. The molecular weight excluding hydrogens is 358 g/mol. The highest BCUT2D eigenvalue weighted by atomic mass is 32.1. The Balaban J connectivity index is 1.59. The number of amides is 1. The molecule has 6 heteroatoms. The summed E-state index contributed by atoms with van der Waals surface area (Å²) in [6, 6.07) is 9.32. The normalized spacial score (nSPS) is 16.3. The molecular formula is C21H23N3O2S. The fourth-order valence-electron chi connectivity index (χ4n) is 3.68. The van der Waals surface area contributed by atoms with Crippen LogP contribution in [0.5, 0.6) is 0 Å². The summed E-state index contributed by atoms with van der Waals surface area (Å²) in [4.78, 5) is 36.6. The third kappa shape index (κ3) is 3.54. The molecule has 27 heavy (non-hydrogen) atoms. The van der Waals surface area contributed by atoms with Gasteiger partial charge in [0.1, 0.15) is 5.82 Å².